The average Bonchev–Trinajstić information content (AvgIpc) is 2.87. The zero-order valence-corrected chi connectivity index (χ0v) is 10.1. The zero-order valence-electron chi connectivity index (χ0n) is 10.1. The van der Waals surface area contributed by atoms with Crippen molar-refractivity contribution in [3.05, 3.63) is 48.4 Å². The average molecular weight is 245 g/mol. The number of ether oxygens (including phenoxy) is 1. The first-order chi connectivity index (χ1) is 8.83. The predicted octanol–water partition coefficient (Wildman–Crippen LogP) is 3.62. The van der Waals surface area contributed by atoms with Crippen molar-refractivity contribution in [2.24, 2.45) is 5.92 Å². The van der Waals surface area contributed by atoms with E-state index in [1.807, 2.05) is 18.3 Å². The fourth-order valence-corrected chi connectivity index (χ4v) is 2.24. The van der Waals surface area contributed by atoms with Crippen molar-refractivity contribution in [2.45, 2.75) is 18.9 Å². The van der Waals surface area contributed by atoms with Crippen LogP contribution in [0.2, 0.25) is 0 Å². The standard InChI is InChI=1S/C10H8FN.C5H8O/c11-9-5-3-8(4-6-9)10-2-1-7-12-10;1-2-6-5-3-4(1)5/h1-7,12H;4-5H,1-3H2. The minimum absolute atomic E-state index is 0.203. The molecule has 2 aliphatic rings. The Kier molecular flexibility index (Phi) is 3.15. The SMILES string of the molecule is C1CC2CC2O1.Fc1ccc(-c2ccc[nH]2)cc1. The fraction of sp³-hybridized carbons (Fsp3) is 0.333. The Hall–Kier alpha value is -1.61. The normalized spacial score (nSPS) is 24.1. The van der Waals surface area contributed by atoms with E-state index in [4.69, 9.17) is 4.74 Å². The molecular formula is C15H16FNO. The van der Waals surface area contributed by atoms with Gasteiger partial charge in [-0.05, 0) is 60.7 Å². The number of hydrogen-bond donors (Lipinski definition) is 1. The lowest BCUT2D eigenvalue weighted by molar-refractivity contribution is 0.156. The summed E-state index contributed by atoms with van der Waals surface area (Å²) in [5, 5.41) is 0. The van der Waals surface area contributed by atoms with Gasteiger partial charge in [-0.1, -0.05) is 0 Å². The van der Waals surface area contributed by atoms with Crippen molar-refractivity contribution in [3.8, 4) is 11.3 Å². The molecule has 0 radical (unpaired) electrons. The first-order valence-corrected chi connectivity index (χ1v) is 6.34. The molecule has 2 unspecified atom stereocenters. The molecule has 0 bridgehead atoms. The van der Waals surface area contributed by atoms with Crippen LogP contribution in [-0.2, 0) is 4.74 Å². The smallest absolute Gasteiger partial charge is 0.123 e. The van der Waals surface area contributed by atoms with Gasteiger partial charge < -0.3 is 9.72 Å². The first kappa shape index (κ1) is 11.5. The molecule has 2 fully saturated rings. The van der Waals surface area contributed by atoms with Crippen LogP contribution in [-0.4, -0.2) is 17.7 Å². The predicted molar refractivity (Wildman–Crippen MR) is 68.7 cm³/mol. The maximum absolute atomic E-state index is 12.5. The van der Waals surface area contributed by atoms with Gasteiger partial charge in [0, 0.05) is 18.5 Å². The number of H-pyrrole nitrogens is 1. The number of aromatic amines is 1. The lowest BCUT2D eigenvalue weighted by atomic mass is 10.1. The van der Waals surface area contributed by atoms with Crippen LogP contribution in [0, 0.1) is 11.7 Å². The topological polar surface area (TPSA) is 25.0 Å². The van der Waals surface area contributed by atoms with Crippen LogP contribution in [0.3, 0.4) is 0 Å². The summed E-state index contributed by atoms with van der Waals surface area (Å²) in [5.41, 5.74) is 2.01. The van der Waals surface area contributed by atoms with Crippen molar-refractivity contribution >= 4 is 0 Å². The Morgan fingerprint density at radius 2 is 2.00 bits per heavy atom. The second-order valence-electron chi connectivity index (χ2n) is 4.78. The molecule has 1 aliphatic heterocycles. The van der Waals surface area contributed by atoms with Crippen molar-refractivity contribution in [1.29, 1.82) is 0 Å². The van der Waals surface area contributed by atoms with Gasteiger partial charge in [0.05, 0.1) is 6.10 Å². The number of fused-ring (bicyclic) bond motifs is 1. The highest BCUT2D eigenvalue weighted by Gasteiger charge is 2.42. The van der Waals surface area contributed by atoms with Crippen LogP contribution >= 0.6 is 0 Å². The van der Waals surface area contributed by atoms with Crippen LogP contribution in [0.4, 0.5) is 4.39 Å². The van der Waals surface area contributed by atoms with Gasteiger partial charge in [-0.25, -0.2) is 4.39 Å². The first-order valence-electron chi connectivity index (χ1n) is 6.34. The van der Waals surface area contributed by atoms with Crippen molar-refractivity contribution < 1.29 is 9.13 Å². The number of halogens is 1. The van der Waals surface area contributed by atoms with Gasteiger partial charge in [0.15, 0.2) is 0 Å². The van der Waals surface area contributed by atoms with Gasteiger partial charge in [0.1, 0.15) is 5.82 Å². The monoisotopic (exact) mass is 245 g/mol. The second kappa shape index (κ2) is 4.94. The summed E-state index contributed by atoms with van der Waals surface area (Å²) >= 11 is 0. The Morgan fingerprint density at radius 1 is 1.17 bits per heavy atom. The third-order valence-corrected chi connectivity index (χ3v) is 3.43. The molecule has 2 nitrogen and oxygen atoms in total. The molecule has 1 aromatic heterocycles. The summed E-state index contributed by atoms with van der Waals surface area (Å²) in [5.74, 6) is 0.787. The summed E-state index contributed by atoms with van der Waals surface area (Å²) in [6.45, 7) is 1.04. The molecule has 0 spiro atoms. The van der Waals surface area contributed by atoms with Crippen LogP contribution in [0.15, 0.2) is 42.6 Å². The Labute approximate surface area is 106 Å². The Balaban J connectivity index is 0.000000137. The van der Waals surface area contributed by atoms with E-state index in [1.54, 1.807) is 12.1 Å². The van der Waals surface area contributed by atoms with Gasteiger partial charge >= 0.3 is 0 Å². The molecule has 0 amide bonds. The molecule has 2 heterocycles. The highest BCUT2D eigenvalue weighted by Crippen LogP contribution is 2.41. The van der Waals surface area contributed by atoms with E-state index in [9.17, 15) is 4.39 Å². The fourth-order valence-electron chi connectivity index (χ4n) is 2.24. The van der Waals surface area contributed by atoms with Crippen LogP contribution in [0.5, 0.6) is 0 Å². The maximum Gasteiger partial charge on any atom is 0.123 e. The molecule has 1 aliphatic carbocycles. The largest absolute Gasteiger partial charge is 0.378 e. The maximum atomic E-state index is 12.5. The van der Waals surface area contributed by atoms with E-state index in [-0.39, 0.29) is 5.82 Å². The quantitative estimate of drug-likeness (QED) is 0.815. The molecule has 4 rings (SSSR count). The number of aromatic nitrogens is 1. The third-order valence-electron chi connectivity index (χ3n) is 3.43. The molecule has 1 saturated carbocycles. The van der Waals surface area contributed by atoms with E-state index in [0.29, 0.717) is 6.10 Å². The number of hydrogen-bond acceptors (Lipinski definition) is 1. The zero-order chi connectivity index (χ0) is 12.4. The third kappa shape index (κ3) is 2.62. The molecular weight excluding hydrogens is 229 g/mol. The molecule has 2 aromatic rings. The summed E-state index contributed by atoms with van der Waals surface area (Å²) in [4.78, 5) is 3.05. The van der Waals surface area contributed by atoms with Gasteiger partial charge in [0.25, 0.3) is 0 Å². The van der Waals surface area contributed by atoms with Crippen molar-refractivity contribution in [3.63, 3.8) is 0 Å². The summed E-state index contributed by atoms with van der Waals surface area (Å²) in [6, 6.07) is 10.3. The summed E-state index contributed by atoms with van der Waals surface area (Å²) in [6.07, 6.45) is 5.26. The molecule has 94 valence electrons. The molecule has 1 saturated heterocycles. The van der Waals surface area contributed by atoms with Crippen molar-refractivity contribution in [1.82, 2.24) is 4.98 Å². The lowest BCUT2D eigenvalue weighted by Crippen LogP contribution is -1.84. The van der Waals surface area contributed by atoms with Crippen LogP contribution < -0.4 is 0 Å². The number of nitrogens with one attached hydrogen (secondary N) is 1. The van der Waals surface area contributed by atoms with E-state index < -0.39 is 0 Å². The highest BCUT2D eigenvalue weighted by molar-refractivity contribution is 5.58. The summed E-state index contributed by atoms with van der Waals surface area (Å²) < 4.78 is 17.7. The Morgan fingerprint density at radius 3 is 2.44 bits per heavy atom. The van der Waals surface area contributed by atoms with Crippen LogP contribution in [0.1, 0.15) is 12.8 Å². The van der Waals surface area contributed by atoms with E-state index in [1.165, 1.54) is 25.0 Å². The minimum atomic E-state index is -0.203. The van der Waals surface area contributed by atoms with Crippen LogP contribution in [0.25, 0.3) is 11.3 Å². The molecule has 18 heavy (non-hydrogen) atoms. The molecule has 1 aromatic carbocycles. The van der Waals surface area contributed by atoms with E-state index in [2.05, 4.69) is 4.98 Å². The van der Waals surface area contributed by atoms with E-state index in [0.717, 1.165) is 23.8 Å². The van der Waals surface area contributed by atoms with Gasteiger partial charge in [-0.2, -0.15) is 0 Å². The van der Waals surface area contributed by atoms with Gasteiger partial charge in [-0.15, -0.1) is 0 Å². The van der Waals surface area contributed by atoms with E-state index >= 15 is 0 Å². The summed E-state index contributed by atoms with van der Waals surface area (Å²) in [7, 11) is 0. The van der Waals surface area contributed by atoms with Gasteiger partial charge in [0.2, 0.25) is 0 Å². The second-order valence-corrected chi connectivity index (χ2v) is 4.78. The molecule has 3 heteroatoms. The number of benzene rings is 1. The number of rotatable bonds is 1. The molecule has 1 N–H and O–H groups in total. The van der Waals surface area contributed by atoms with Crippen molar-refractivity contribution in [2.75, 3.05) is 6.61 Å². The molecule has 2 atom stereocenters. The minimum Gasteiger partial charge on any atom is -0.378 e. The highest BCUT2D eigenvalue weighted by atomic mass is 19.1. The van der Waals surface area contributed by atoms with Gasteiger partial charge in [-0.3, -0.25) is 0 Å². The Bertz CT molecular complexity index is 484. The lowest BCUT2D eigenvalue weighted by Gasteiger charge is -1.95.